The van der Waals surface area contributed by atoms with Crippen LogP contribution in [0.4, 0.5) is 5.82 Å². The number of carbonyl (C=O) groups is 1. The van der Waals surface area contributed by atoms with E-state index in [1.807, 2.05) is 36.4 Å². The smallest absolute Gasteiger partial charge is 0.225 e. The first-order valence-electron chi connectivity index (χ1n) is 9.32. The second-order valence-electron chi connectivity index (χ2n) is 6.84. The number of anilines is 1. The summed E-state index contributed by atoms with van der Waals surface area (Å²) in [6.45, 7) is 1.95. The van der Waals surface area contributed by atoms with Gasteiger partial charge < -0.3 is 14.6 Å². The van der Waals surface area contributed by atoms with E-state index in [4.69, 9.17) is 4.42 Å². The molecular formula is C21H21BrN4O2. The molecule has 0 aliphatic carbocycles. The third-order valence-corrected chi connectivity index (χ3v) is 5.42. The van der Waals surface area contributed by atoms with Crippen molar-refractivity contribution in [2.75, 3.05) is 18.0 Å². The molecule has 0 radical (unpaired) electrons. The number of furan rings is 1. The molecule has 1 aliphatic heterocycles. The number of benzene rings is 1. The lowest BCUT2D eigenvalue weighted by Crippen LogP contribution is -2.43. The molecule has 144 valence electrons. The van der Waals surface area contributed by atoms with Gasteiger partial charge in [-0.05, 0) is 37.1 Å². The molecule has 7 heteroatoms. The largest absolute Gasteiger partial charge is 0.459 e. The van der Waals surface area contributed by atoms with Crippen LogP contribution in [0.25, 0.3) is 11.3 Å². The molecule has 4 rings (SSSR count). The van der Waals surface area contributed by atoms with Crippen LogP contribution in [0.15, 0.2) is 63.9 Å². The van der Waals surface area contributed by atoms with Gasteiger partial charge in [0.2, 0.25) is 5.91 Å². The van der Waals surface area contributed by atoms with E-state index in [0.29, 0.717) is 13.1 Å². The van der Waals surface area contributed by atoms with Crippen molar-refractivity contribution in [2.45, 2.75) is 19.4 Å². The zero-order valence-corrected chi connectivity index (χ0v) is 16.9. The first-order chi connectivity index (χ1) is 13.7. The summed E-state index contributed by atoms with van der Waals surface area (Å²) in [5.41, 5.74) is 1.01. The third-order valence-electron chi connectivity index (χ3n) is 4.89. The van der Waals surface area contributed by atoms with Gasteiger partial charge in [0, 0.05) is 35.5 Å². The van der Waals surface area contributed by atoms with Gasteiger partial charge in [0.1, 0.15) is 17.3 Å². The van der Waals surface area contributed by atoms with Gasteiger partial charge in [-0.15, -0.1) is 0 Å². The number of piperidine rings is 1. The molecule has 0 unspecified atom stereocenters. The maximum absolute atomic E-state index is 12.6. The van der Waals surface area contributed by atoms with Gasteiger partial charge >= 0.3 is 0 Å². The summed E-state index contributed by atoms with van der Waals surface area (Å²) in [5.74, 6) is 2.35. The molecule has 1 aliphatic rings. The minimum atomic E-state index is -0.0586. The average Bonchev–Trinajstić information content (AvgIpc) is 3.22. The Bertz CT molecular complexity index is 927. The molecule has 1 saturated heterocycles. The SMILES string of the molecule is O=C(NCc1ccc(-c2ccc(Br)cc2)o1)[C@@H]1CCCN(c2cnccn2)C1. The van der Waals surface area contributed by atoms with Crippen LogP contribution in [-0.2, 0) is 11.3 Å². The Morgan fingerprint density at radius 3 is 2.86 bits per heavy atom. The number of hydrogen-bond donors (Lipinski definition) is 1. The summed E-state index contributed by atoms with van der Waals surface area (Å²) in [7, 11) is 0. The van der Waals surface area contributed by atoms with Gasteiger partial charge in [0.05, 0.1) is 18.7 Å². The number of rotatable bonds is 5. The molecule has 6 nitrogen and oxygen atoms in total. The summed E-state index contributed by atoms with van der Waals surface area (Å²) < 4.78 is 6.91. The van der Waals surface area contributed by atoms with E-state index in [0.717, 1.165) is 46.8 Å². The fraction of sp³-hybridized carbons (Fsp3) is 0.286. The maximum atomic E-state index is 12.6. The minimum absolute atomic E-state index is 0.0511. The number of nitrogens with one attached hydrogen (secondary N) is 1. The molecule has 2 aromatic heterocycles. The molecule has 1 atom stereocenters. The number of hydrogen-bond acceptors (Lipinski definition) is 5. The van der Waals surface area contributed by atoms with Crippen molar-refractivity contribution in [3.8, 4) is 11.3 Å². The van der Waals surface area contributed by atoms with Crippen LogP contribution in [0.2, 0.25) is 0 Å². The Morgan fingerprint density at radius 2 is 2.07 bits per heavy atom. The quantitative estimate of drug-likeness (QED) is 0.648. The highest BCUT2D eigenvalue weighted by atomic mass is 79.9. The molecule has 3 heterocycles. The zero-order valence-electron chi connectivity index (χ0n) is 15.3. The summed E-state index contributed by atoms with van der Waals surface area (Å²) in [6.07, 6.45) is 6.92. The van der Waals surface area contributed by atoms with Crippen LogP contribution in [-0.4, -0.2) is 29.0 Å². The summed E-state index contributed by atoms with van der Waals surface area (Å²) in [4.78, 5) is 23.2. The minimum Gasteiger partial charge on any atom is -0.459 e. The highest BCUT2D eigenvalue weighted by molar-refractivity contribution is 9.10. The van der Waals surface area contributed by atoms with Gasteiger partial charge in [-0.1, -0.05) is 28.1 Å². The van der Waals surface area contributed by atoms with Crippen molar-refractivity contribution in [1.29, 1.82) is 0 Å². The molecule has 1 amide bonds. The van der Waals surface area contributed by atoms with Crippen LogP contribution >= 0.6 is 15.9 Å². The predicted octanol–water partition coefficient (Wildman–Crippen LogP) is 4.03. The van der Waals surface area contributed by atoms with Crippen molar-refractivity contribution >= 4 is 27.7 Å². The molecular weight excluding hydrogens is 420 g/mol. The van der Waals surface area contributed by atoms with Gasteiger partial charge in [-0.3, -0.25) is 9.78 Å². The predicted molar refractivity (Wildman–Crippen MR) is 111 cm³/mol. The Hall–Kier alpha value is -2.67. The van der Waals surface area contributed by atoms with Crippen LogP contribution < -0.4 is 10.2 Å². The van der Waals surface area contributed by atoms with Gasteiger partial charge in [-0.25, -0.2) is 4.98 Å². The fourth-order valence-electron chi connectivity index (χ4n) is 3.41. The highest BCUT2D eigenvalue weighted by Crippen LogP contribution is 2.24. The number of aromatic nitrogens is 2. The summed E-state index contributed by atoms with van der Waals surface area (Å²) in [6, 6.07) is 11.8. The Balaban J connectivity index is 1.33. The molecule has 0 spiro atoms. The first-order valence-corrected chi connectivity index (χ1v) is 10.1. The topological polar surface area (TPSA) is 71.3 Å². The van der Waals surface area contributed by atoms with E-state index in [-0.39, 0.29) is 11.8 Å². The Kier molecular flexibility index (Phi) is 5.71. The van der Waals surface area contributed by atoms with Crippen LogP contribution in [0.1, 0.15) is 18.6 Å². The average molecular weight is 441 g/mol. The van der Waals surface area contributed by atoms with E-state index in [1.165, 1.54) is 0 Å². The van der Waals surface area contributed by atoms with Crippen molar-refractivity contribution in [2.24, 2.45) is 5.92 Å². The zero-order chi connectivity index (χ0) is 19.3. The second kappa shape index (κ2) is 8.56. The lowest BCUT2D eigenvalue weighted by Gasteiger charge is -2.32. The fourth-order valence-corrected chi connectivity index (χ4v) is 3.68. The van der Waals surface area contributed by atoms with Gasteiger partial charge in [0.15, 0.2) is 0 Å². The molecule has 1 fully saturated rings. The summed E-state index contributed by atoms with van der Waals surface area (Å²) >= 11 is 3.43. The molecule has 1 N–H and O–H groups in total. The van der Waals surface area contributed by atoms with E-state index in [2.05, 4.69) is 36.1 Å². The number of nitrogens with zero attached hydrogens (tertiary/aromatic N) is 3. The Labute approximate surface area is 172 Å². The van der Waals surface area contributed by atoms with E-state index in [9.17, 15) is 4.79 Å². The molecule has 0 saturated carbocycles. The molecule has 1 aromatic carbocycles. The highest BCUT2D eigenvalue weighted by Gasteiger charge is 2.26. The Morgan fingerprint density at radius 1 is 1.21 bits per heavy atom. The van der Waals surface area contributed by atoms with Gasteiger partial charge in [-0.2, -0.15) is 0 Å². The first kappa shape index (κ1) is 18.7. The third kappa shape index (κ3) is 4.42. The van der Waals surface area contributed by atoms with Crippen molar-refractivity contribution in [3.05, 3.63) is 65.2 Å². The number of amides is 1. The normalized spacial score (nSPS) is 16.8. The van der Waals surface area contributed by atoms with E-state index >= 15 is 0 Å². The van der Waals surface area contributed by atoms with Crippen LogP contribution in [0, 0.1) is 5.92 Å². The summed E-state index contributed by atoms with van der Waals surface area (Å²) in [5, 5.41) is 3.01. The molecule has 28 heavy (non-hydrogen) atoms. The molecule has 0 bridgehead atoms. The van der Waals surface area contributed by atoms with E-state index < -0.39 is 0 Å². The lowest BCUT2D eigenvalue weighted by atomic mass is 9.97. The van der Waals surface area contributed by atoms with Crippen molar-refractivity contribution in [3.63, 3.8) is 0 Å². The van der Waals surface area contributed by atoms with Crippen molar-refractivity contribution in [1.82, 2.24) is 15.3 Å². The van der Waals surface area contributed by atoms with Gasteiger partial charge in [0.25, 0.3) is 0 Å². The van der Waals surface area contributed by atoms with E-state index in [1.54, 1.807) is 18.6 Å². The van der Waals surface area contributed by atoms with Crippen LogP contribution in [0.5, 0.6) is 0 Å². The standard InChI is InChI=1S/C21H21BrN4O2/c22-17-5-3-15(4-6-17)19-8-7-18(28-19)12-25-21(27)16-2-1-11-26(14-16)20-13-23-9-10-24-20/h3-10,13,16H,1-2,11-12,14H2,(H,25,27)/t16-/m1/s1. The lowest BCUT2D eigenvalue weighted by molar-refractivity contribution is -0.125. The number of carbonyl (C=O) groups excluding carboxylic acids is 1. The monoisotopic (exact) mass is 440 g/mol. The maximum Gasteiger partial charge on any atom is 0.225 e. The molecule has 3 aromatic rings. The van der Waals surface area contributed by atoms with Crippen molar-refractivity contribution < 1.29 is 9.21 Å². The number of halogens is 1. The second-order valence-corrected chi connectivity index (χ2v) is 7.76. The van der Waals surface area contributed by atoms with Crippen LogP contribution in [0.3, 0.4) is 0 Å².